The Kier molecular flexibility index (Phi) is 3.05. The molecule has 1 N–H and O–H groups in total. The van der Waals surface area contributed by atoms with Crippen molar-refractivity contribution in [3.63, 3.8) is 0 Å². The highest BCUT2D eigenvalue weighted by Gasteiger charge is 2.18. The van der Waals surface area contributed by atoms with E-state index in [1.165, 1.54) is 29.4 Å². The Morgan fingerprint density at radius 2 is 1.95 bits per heavy atom. The summed E-state index contributed by atoms with van der Waals surface area (Å²) < 4.78 is 4.81. The van der Waals surface area contributed by atoms with Crippen molar-refractivity contribution in [3.05, 3.63) is 53.6 Å². The first-order valence-corrected chi connectivity index (χ1v) is 6.28. The first-order valence-electron chi connectivity index (χ1n) is 6.28. The van der Waals surface area contributed by atoms with E-state index in [4.69, 9.17) is 4.74 Å². The van der Waals surface area contributed by atoms with Gasteiger partial charge in [0.25, 0.3) is 0 Å². The summed E-state index contributed by atoms with van der Waals surface area (Å²) in [7, 11) is 1.51. The summed E-state index contributed by atoms with van der Waals surface area (Å²) >= 11 is 0. The maximum Gasteiger partial charge on any atom is 0.250 e. The average molecular weight is 253 g/mol. The number of carbonyl (C=O) groups is 1. The second-order valence-electron chi connectivity index (χ2n) is 4.69. The molecule has 0 aliphatic heterocycles. The highest BCUT2D eigenvalue weighted by Crippen LogP contribution is 2.37. The Balaban J connectivity index is 1.91. The first kappa shape index (κ1) is 11.9. The van der Waals surface area contributed by atoms with Gasteiger partial charge in [0.05, 0.1) is 0 Å². The number of ether oxygens (including phenoxy) is 1. The van der Waals surface area contributed by atoms with Crippen LogP contribution in [-0.2, 0) is 16.0 Å². The molecule has 2 aromatic rings. The fraction of sp³-hybridized carbons (Fsp3) is 0.188. The van der Waals surface area contributed by atoms with Gasteiger partial charge in [0.2, 0.25) is 5.91 Å². The van der Waals surface area contributed by atoms with Crippen LogP contribution in [0.15, 0.2) is 42.5 Å². The lowest BCUT2D eigenvalue weighted by molar-refractivity contribution is -0.119. The van der Waals surface area contributed by atoms with Gasteiger partial charge < -0.3 is 10.1 Å². The standard InChI is InChI=1S/C16H15NO2/c1-19-10-16(18)17-13-7-6-12-8-11-4-2-3-5-14(11)15(12)9-13/h2-7,9H,8,10H2,1H3,(H,17,18). The van der Waals surface area contributed by atoms with Crippen molar-refractivity contribution < 1.29 is 9.53 Å². The number of anilines is 1. The molecule has 0 atom stereocenters. The lowest BCUT2D eigenvalue weighted by Gasteiger charge is -2.07. The first-order chi connectivity index (χ1) is 9.28. The third-order valence-electron chi connectivity index (χ3n) is 3.36. The van der Waals surface area contributed by atoms with Gasteiger partial charge in [-0.1, -0.05) is 30.3 Å². The van der Waals surface area contributed by atoms with Gasteiger partial charge in [-0.15, -0.1) is 0 Å². The summed E-state index contributed by atoms with van der Waals surface area (Å²) in [5.41, 5.74) is 5.95. The van der Waals surface area contributed by atoms with Crippen molar-refractivity contribution >= 4 is 11.6 Å². The summed E-state index contributed by atoms with van der Waals surface area (Å²) in [6.45, 7) is 0.0771. The lowest BCUT2D eigenvalue weighted by Crippen LogP contribution is -2.17. The molecule has 0 heterocycles. The van der Waals surface area contributed by atoms with Crippen molar-refractivity contribution in [1.82, 2.24) is 0 Å². The SMILES string of the molecule is COCC(=O)Nc1ccc2c(c1)-c1ccccc1C2. The predicted molar refractivity (Wildman–Crippen MR) is 75.2 cm³/mol. The highest BCUT2D eigenvalue weighted by atomic mass is 16.5. The Morgan fingerprint density at radius 1 is 1.16 bits per heavy atom. The molecule has 1 aliphatic carbocycles. The Morgan fingerprint density at radius 3 is 2.79 bits per heavy atom. The monoisotopic (exact) mass is 253 g/mol. The summed E-state index contributed by atoms with van der Waals surface area (Å²) in [4.78, 5) is 11.5. The van der Waals surface area contributed by atoms with E-state index in [9.17, 15) is 4.79 Å². The molecule has 3 heteroatoms. The minimum Gasteiger partial charge on any atom is -0.375 e. The third-order valence-corrected chi connectivity index (χ3v) is 3.36. The molecule has 0 aromatic heterocycles. The number of methoxy groups -OCH3 is 1. The minimum atomic E-state index is -0.131. The molecule has 1 amide bonds. The van der Waals surface area contributed by atoms with Gasteiger partial charge in [-0.2, -0.15) is 0 Å². The summed E-state index contributed by atoms with van der Waals surface area (Å²) in [6, 6.07) is 14.4. The second-order valence-corrected chi connectivity index (χ2v) is 4.69. The average Bonchev–Trinajstić information content (AvgIpc) is 2.77. The maximum atomic E-state index is 11.5. The molecule has 0 unspecified atom stereocenters. The van der Waals surface area contributed by atoms with Crippen LogP contribution in [-0.4, -0.2) is 19.6 Å². The molecule has 2 aromatic carbocycles. The van der Waals surface area contributed by atoms with Gasteiger partial charge in [0.1, 0.15) is 6.61 Å². The van der Waals surface area contributed by atoms with Crippen LogP contribution in [0.25, 0.3) is 11.1 Å². The van der Waals surface area contributed by atoms with E-state index >= 15 is 0 Å². The second kappa shape index (κ2) is 4.86. The van der Waals surface area contributed by atoms with Crippen molar-refractivity contribution in [2.75, 3.05) is 19.0 Å². The zero-order valence-electron chi connectivity index (χ0n) is 10.8. The fourth-order valence-electron chi connectivity index (χ4n) is 2.53. The molecule has 19 heavy (non-hydrogen) atoms. The molecule has 0 fully saturated rings. The van der Waals surface area contributed by atoms with Crippen LogP contribution in [0, 0.1) is 0 Å². The quantitative estimate of drug-likeness (QED) is 0.779. The largest absolute Gasteiger partial charge is 0.375 e. The number of fused-ring (bicyclic) bond motifs is 3. The van der Waals surface area contributed by atoms with Gasteiger partial charge in [-0.3, -0.25) is 4.79 Å². The maximum absolute atomic E-state index is 11.5. The van der Waals surface area contributed by atoms with E-state index in [1.807, 2.05) is 18.2 Å². The number of amides is 1. The number of rotatable bonds is 3. The van der Waals surface area contributed by atoms with Crippen LogP contribution in [0.5, 0.6) is 0 Å². The van der Waals surface area contributed by atoms with Crippen LogP contribution in [0.2, 0.25) is 0 Å². The van der Waals surface area contributed by atoms with E-state index in [1.54, 1.807) is 0 Å². The van der Waals surface area contributed by atoms with E-state index in [0.29, 0.717) is 0 Å². The van der Waals surface area contributed by atoms with Gasteiger partial charge in [-0.25, -0.2) is 0 Å². The highest BCUT2D eigenvalue weighted by molar-refractivity contribution is 5.93. The van der Waals surface area contributed by atoms with E-state index in [0.717, 1.165) is 12.1 Å². The van der Waals surface area contributed by atoms with Gasteiger partial charge >= 0.3 is 0 Å². The zero-order valence-corrected chi connectivity index (χ0v) is 10.8. The molecule has 96 valence electrons. The van der Waals surface area contributed by atoms with Gasteiger partial charge in [0, 0.05) is 12.8 Å². The van der Waals surface area contributed by atoms with E-state index < -0.39 is 0 Å². The van der Waals surface area contributed by atoms with Crippen molar-refractivity contribution in [2.45, 2.75) is 6.42 Å². The normalized spacial score (nSPS) is 11.8. The van der Waals surface area contributed by atoms with E-state index in [-0.39, 0.29) is 12.5 Å². The third kappa shape index (κ3) is 2.25. The predicted octanol–water partition coefficient (Wildman–Crippen LogP) is 2.84. The van der Waals surface area contributed by atoms with Gasteiger partial charge in [-0.05, 0) is 40.8 Å². The molecule has 0 saturated carbocycles. The number of hydrogen-bond acceptors (Lipinski definition) is 2. The molecule has 0 radical (unpaired) electrons. The number of hydrogen-bond donors (Lipinski definition) is 1. The molecule has 0 spiro atoms. The zero-order chi connectivity index (χ0) is 13.2. The minimum absolute atomic E-state index is 0.0771. The van der Waals surface area contributed by atoms with Crippen LogP contribution < -0.4 is 5.32 Å². The topological polar surface area (TPSA) is 38.3 Å². The van der Waals surface area contributed by atoms with Crippen molar-refractivity contribution in [3.8, 4) is 11.1 Å². The Labute approximate surface area is 112 Å². The number of benzene rings is 2. The Bertz CT molecular complexity index is 634. The summed E-state index contributed by atoms with van der Waals surface area (Å²) in [5.74, 6) is -0.131. The fourth-order valence-corrected chi connectivity index (χ4v) is 2.53. The molecule has 0 saturated heterocycles. The van der Waals surface area contributed by atoms with Crippen molar-refractivity contribution in [2.24, 2.45) is 0 Å². The molecular formula is C16H15NO2. The summed E-state index contributed by atoms with van der Waals surface area (Å²) in [5, 5.41) is 2.84. The smallest absolute Gasteiger partial charge is 0.250 e. The van der Waals surface area contributed by atoms with Crippen LogP contribution in [0.1, 0.15) is 11.1 Å². The molecule has 1 aliphatic rings. The van der Waals surface area contributed by atoms with Crippen LogP contribution in [0.3, 0.4) is 0 Å². The van der Waals surface area contributed by atoms with E-state index in [2.05, 4.69) is 29.6 Å². The Hall–Kier alpha value is -2.13. The summed E-state index contributed by atoms with van der Waals surface area (Å²) in [6.07, 6.45) is 0.970. The van der Waals surface area contributed by atoms with Crippen LogP contribution in [0.4, 0.5) is 5.69 Å². The van der Waals surface area contributed by atoms with Crippen LogP contribution >= 0.6 is 0 Å². The number of carbonyl (C=O) groups excluding carboxylic acids is 1. The molecule has 3 nitrogen and oxygen atoms in total. The molecule has 0 bridgehead atoms. The lowest BCUT2D eigenvalue weighted by atomic mass is 10.1. The van der Waals surface area contributed by atoms with Crippen molar-refractivity contribution in [1.29, 1.82) is 0 Å². The molecule has 3 rings (SSSR count). The van der Waals surface area contributed by atoms with Gasteiger partial charge in [0.15, 0.2) is 0 Å². The molecular weight excluding hydrogens is 238 g/mol. The number of nitrogens with one attached hydrogen (secondary N) is 1.